The maximum Gasteiger partial charge on any atom is 0.277 e. The Morgan fingerprint density at radius 3 is 2.78 bits per heavy atom. The minimum Gasteiger partial charge on any atom is -0.508 e. The highest BCUT2D eigenvalue weighted by Gasteiger charge is 2.14. The van der Waals surface area contributed by atoms with E-state index in [0.717, 1.165) is 0 Å². The van der Waals surface area contributed by atoms with Gasteiger partial charge in [0, 0.05) is 23.7 Å². The van der Waals surface area contributed by atoms with Gasteiger partial charge < -0.3 is 14.9 Å². The van der Waals surface area contributed by atoms with Crippen molar-refractivity contribution in [2.24, 2.45) is 0 Å². The van der Waals surface area contributed by atoms with Gasteiger partial charge in [0.15, 0.2) is 5.69 Å². The van der Waals surface area contributed by atoms with Crippen molar-refractivity contribution in [3.8, 4) is 5.75 Å². The number of anilines is 1. The number of phenolic OH excluding ortho intramolecular Hbond substituents is 1. The molecule has 2 N–H and O–H groups in total. The Morgan fingerprint density at radius 2 is 2.17 bits per heavy atom. The zero-order valence-corrected chi connectivity index (χ0v) is 10.2. The molecule has 1 amide bonds. The van der Waals surface area contributed by atoms with Crippen LogP contribution in [-0.4, -0.2) is 16.2 Å². The van der Waals surface area contributed by atoms with Crippen LogP contribution < -0.4 is 5.32 Å². The van der Waals surface area contributed by atoms with Crippen LogP contribution in [0, 0.1) is 0 Å². The summed E-state index contributed by atoms with van der Waals surface area (Å²) in [5.41, 5.74) is 0.733. The molecule has 0 saturated heterocycles. The van der Waals surface area contributed by atoms with Gasteiger partial charge in [-0.15, -0.1) is 0 Å². The van der Waals surface area contributed by atoms with Crippen LogP contribution in [0.2, 0.25) is 0 Å². The predicted molar refractivity (Wildman–Crippen MR) is 66.7 cm³/mol. The molecule has 2 rings (SSSR count). The van der Waals surface area contributed by atoms with Crippen LogP contribution in [0.3, 0.4) is 0 Å². The number of aromatic hydroxyl groups is 1. The van der Waals surface area contributed by atoms with E-state index in [2.05, 4.69) is 10.5 Å². The lowest BCUT2D eigenvalue weighted by Crippen LogP contribution is -2.11. The van der Waals surface area contributed by atoms with E-state index < -0.39 is 0 Å². The van der Waals surface area contributed by atoms with Crippen molar-refractivity contribution < 1.29 is 14.4 Å². The molecule has 5 nitrogen and oxygen atoms in total. The number of rotatable bonds is 3. The summed E-state index contributed by atoms with van der Waals surface area (Å²) in [6, 6.07) is 7.93. The Morgan fingerprint density at radius 1 is 1.39 bits per heavy atom. The molecule has 0 fully saturated rings. The van der Waals surface area contributed by atoms with Crippen LogP contribution in [0.15, 0.2) is 34.9 Å². The van der Waals surface area contributed by atoms with Gasteiger partial charge in [-0.1, -0.05) is 25.1 Å². The summed E-state index contributed by atoms with van der Waals surface area (Å²) >= 11 is 0. The summed E-state index contributed by atoms with van der Waals surface area (Å²) in [6.45, 7) is 3.91. The van der Waals surface area contributed by atoms with Crippen molar-refractivity contribution in [1.29, 1.82) is 0 Å². The van der Waals surface area contributed by atoms with Crippen LogP contribution in [0.1, 0.15) is 36.0 Å². The lowest BCUT2D eigenvalue weighted by molar-refractivity contribution is 0.101. The highest BCUT2D eigenvalue weighted by atomic mass is 16.5. The molecule has 0 saturated carbocycles. The van der Waals surface area contributed by atoms with E-state index in [1.54, 1.807) is 18.2 Å². The lowest BCUT2D eigenvalue weighted by Gasteiger charge is -2.02. The minimum atomic E-state index is -0.365. The standard InChI is InChI=1S/C13H14N2O3/c1-8(2)12-7-11(15-18-12)13(17)14-9-4-3-5-10(16)6-9/h3-8,16H,1-2H3,(H,14,17). The summed E-state index contributed by atoms with van der Waals surface area (Å²) in [7, 11) is 0. The molecular weight excluding hydrogens is 232 g/mol. The Labute approximate surface area is 104 Å². The number of aromatic nitrogens is 1. The highest BCUT2D eigenvalue weighted by Crippen LogP contribution is 2.18. The van der Waals surface area contributed by atoms with Crippen LogP contribution in [0.4, 0.5) is 5.69 Å². The molecule has 0 aliphatic rings. The minimum absolute atomic E-state index is 0.0934. The molecule has 0 atom stereocenters. The average molecular weight is 246 g/mol. The van der Waals surface area contributed by atoms with Crippen molar-refractivity contribution >= 4 is 11.6 Å². The second-order valence-corrected chi connectivity index (χ2v) is 4.27. The molecule has 0 bridgehead atoms. The highest BCUT2D eigenvalue weighted by molar-refractivity contribution is 6.02. The zero-order chi connectivity index (χ0) is 13.1. The van der Waals surface area contributed by atoms with Gasteiger partial charge in [0.05, 0.1) is 0 Å². The molecule has 0 radical (unpaired) electrons. The van der Waals surface area contributed by atoms with Crippen molar-refractivity contribution in [3.63, 3.8) is 0 Å². The molecule has 1 aromatic carbocycles. The van der Waals surface area contributed by atoms with Crippen molar-refractivity contribution in [2.45, 2.75) is 19.8 Å². The first kappa shape index (κ1) is 12.2. The number of phenols is 1. The quantitative estimate of drug-likeness (QED) is 0.873. The normalized spacial score (nSPS) is 10.6. The fourth-order valence-electron chi connectivity index (χ4n) is 1.45. The number of hydrogen-bond donors (Lipinski definition) is 2. The molecule has 1 aromatic heterocycles. The second kappa shape index (κ2) is 4.91. The van der Waals surface area contributed by atoms with E-state index in [0.29, 0.717) is 11.4 Å². The lowest BCUT2D eigenvalue weighted by atomic mass is 10.1. The summed E-state index contributed by atoms with van der Waals surface area (Å²) in [5.74, 6) is 0.572. The number of hydrogen-bond acceptors (Lipinski definition) is 4. The van der Waals surface area contributed by atoms with Crippen LogP contribution >= 0.6 is 0 Å². The van der Waals surface area contributed by atoms with E-state index in [4.69, 9.17) is 4.52 Å². The van der Waals surface area contributed by atoms with Crippen molar-refractivity contribution in [1.82, 2.24) is 5.16 Å². The van der Waals surface area contributed by atoms with E-state index >= 15 is 0 Å². The topological polar surface area (TPSA) is 75.4 Å². The zero-order valence-electron chi connectivity index (χ0n) is 10.2. The van der Waals surface area contributed by atoms with Crippen molar-refractivity contribution in [3.05, 3.63) is 41.8 Å². The summed E-state index contributed by atoms with van der Waals surface area (Å²) in [5, 5.41) is 15.6. The predicted octanol–water partition coefficient (Wildman–Crippen LogP) is 2.76. The van der Waals surface area contributed by atoms with Gasteiger partial charge in [-0.3, -0.25) is 4.79 Å². The van der Waals surface area contributed by atoms with Gasteiger partial charge in [-0.05, 0) is 12.1 Å². The Balaban J connectivity index is 2.12. The Bertz CT molecular complexity index is 561. The average Bonchev–Trinajstić information content (AvgIpc) is 2.78. The molecule has 0 aliphatic carbocycles. The number of benzene rings is 1. The molecule has 1 heterocycles. The fourth-order valence-corrected chi connectivity index (χ4v) is 1.45. The fraction of sp³-hybridized carbons (Fsp3) is 0.231. The third-order valence-electron chi connectivity index (χ3n) is 2.43. The third kappa shape index (κ3) is 2.68. The number of carbonyl (C=O) groups is 1. The molecular formula is C13H14N2O3. The molecule has 0 unspecified atom stereocenters. The maximum absolute atomic E-state index is 11.8. The molecule has 5 heteroatoms. The Hall–Kier alpha value is -2.30. The monoisotopic (exact) mass is 246 g/mol. The number of amides is 1. The molecule has 0 aliphatic heterocycles. The number of nitrogens with zero attached hydrogens (tertiary/aromatic N) is 1. The van der Waals surface area contributed by atoms with E-state index in [9.17, 15) is 9.90 Å². The number of carbonyl (C=O) groups excluding carboxylic acids is 1. The van der Waals surface area contributed by atoms with Crippen LogP contribution in [-0.2, 0) is 0 Å². The molecule has 2 aromatic rings. The van der Waals surface area contributed by atoms with Gasteiger partial charge in [-0.2, -0.15) is 0 Å². The van der Waals surface area contributed by atoms with Crippen LogP contribution in [0.5, 0.6) is 5.75 Å². The summed E-state index contributed by atoms with van der Waals surface area (Å²) in [4.78, 5) is 11.8. The molecule has 18 heavy (non-hydrogen) atoms. The van der Waals surface area contributed by atoms with E-state index in [1.807, 2.05) is 13.8 Å². The maximum atomic E-state index is 11.8. The Kier molecular flexibility index (Phi) is 3.32. The van der Waals surface area contributed by atoms with Gasteiger partial charge in [0.2, 0.25) is 0 Å². The van der Waals surface area contributed by atoms with E-state index in [-0.39, 0.29) is 23.3 Å². The molecule has 0 spiro atoms. The van der Waals surface area contributed by atoms with Gasteiger partial charge in [0.25, 0.3) is 5.91 Å². The first-order chi connectivity index (χ1) is 8.56. The number of nitrogens with one attached hydrogen (secondary N) is 1. The molecule has 94 valence electrons. The van der Waals surface area contributed by atoms with Gasteiger partial charge >= 0.3 is 0 Å². The SMILES string of the molecule is CC(C)c1cc(C(=O)Nc2cccc(O)c2)no1. The third-order valence-corrected chi connectivity index (χ3v) is 2.43. The summed E-state index contributed by atoms with van der Waals surface area (Å²) < 4.78 is 5.05. The smallest absolute Gasteiger partial charge is 0.277 e. The van der Waals surface area contributed by atoms with Gasteiger partial charge in [-0.25, -0.2) is 0 Å². The first-order valence-corrected chi connectivity index (χ1v) is 5.63. The van der Waals surface area contributed by atoms with Gasteiger partial charge in [0.1, 0.15) is 11.5 Å². The largest absolute Gasteiger partial charge is 0.508 e. The second-order valence-electron chi connectivity index (χ2n) is 4.27. The first-order valence-electron chi connectivity index (χ1n) is 5.63. The van der Waals surface area contributed by atoms with E-state index in [1.165, 1.54) is 12.1 Å². The van der Waals surface area contributed by atoms with Crippen molar-refractivity contribution in [2.75, 3.05) is 5.32 Å². The van der Waals surface area contributed by atoms with Crippen LogP contribution in [0.25, 0.3) is 0 Å². The summed E-state index contributed by atoms with van der Waals surface area (Å²) in [6.07, 6.45) is 0.